The second kappa shape index (κ2) is 17.5. The Morgan fingerprint density at radius 2 is 1.31 bits per heavy atom. The lowest BCUT2D eigenvalue weighted by molar-refractivity contribution is 0.175. The number of hydrogen-bond acceptors (Lipinski definition) is 2. The number of amides is 4. The van der Waals surface area contributed by atoms with Crippen molar-refractivity contribution in [2.45, 2.75) is 97.8 Å². The molecule has 0 saturated carbocycles. The molecule has 32 heavy (non-hydrogen) atoms. The van der Waals surface area contributed by atoms with Crippen LogP contribution < -0.4 is 15.8 Å². The minimum atomic E-state index is -0.633. The van der Waals surface area contributed by atoms with Crippen LogP contribution in [0.2, 0.25) is 0 Å². The summed E-state index contributed by atoms with van der Waals surface area (Å²) < 4.78 is 0. The summed E-state index contributed by atoms with van der Waals surface area (Å²) in [5.74, 6) is 0. The zero-order valence-corrected chi connectivity index (χ0v) is 20.7. The summed E-state index contributed by atoms with van der Waals surface area (Å²) >= 11 is 0. The Balaban J connectivity index is 2.86. The van der Waals surface area contributed by atoms with Crippen LogP contribution >= 0.6 is 0 Å². The summed E-state index contributed by atoms with van der Waals surface area (Å²) in [6.45, 7) is 8.21. The maximum atomic E-state index is 13.5. The summed E-state index contributed by atoms with van der Waals surface area (Å²) in [5, 5.41) is 2.90. The fraction of sp³-hybridized carbons (Fsp3) is 0.692. The molecule has 0 spiro atoms. The molecule has 0 saturated heterocycles. The Kier molecular flexibility index (Phi) is 15.3. The molecule has 1 rings (SSSR count). The number of benzene rings is 1. The maximum Gasteiger partial charge on any atom is 0.496 e. The molecule has 0 heterocycles. The number of primary amides is 1. The smallest absolute Gasteiger partial charge is 0.347 e. The molecular weight excluding hydrogens is 400 g/mol. The number of carbonyl (C=O) groups excluding carboxylic acids is 2. The highest BCUT2D eigenvalue weighted by atomic mass is 16.2. The van der Waals surface area contributed by atoms with Gasteiger partial charge in [-0.1, -0.05) is 94.8 Å². The summed E-state index contributed by atoms with van der Waals surface area (Å²) in [6.07, 6.45) is 13.8. The van der Waals surface area contributed by atoms with Crippen molar-refractivity contribution >= 4 is 17.7 Å². The average molecular weight is 447 g/mol. The van der Waals surface area contributed by atoms with Gasteiger partial charge in [0.25, 0.3) is 0 Å². The molecule has 2 N–H and O–H groups in total. The maximum absolute atomic E-state index is 13.5. The number of anilines is 1. The first kappa shape index (κ1) is 28.0. The third-order valence-corrected chi connectivity index (χ3v) is 5.83. The van der Waals surface area contributed by atoms with Crippen LogP contribution in [-0.4, -0.2) is 36.6 Å². The van der Waals surface area contributed by atoms with Crippen molar-refractivity contribution in [1.29, 1.82) is 0 Å². The van der Waals surface area contributed by atoms with Crippen LogP contribution in [0.4, 0.5) is 15.3 Å². The quantitative estimate of drug-likeness (QED) is 0.172. The van der Waals surface area contributed by atoms with Gasteiger partial charge in [0.1, 0.15) is 5.69 Å². The van der Waals surface area contributed by atoms with Crippen LogP contribution in [0.15, 0.2) is 30.3 Å². The Morgan fingerprint density at radius 3 is 1.84 bits per heavy atom. The van der Waals surface area contributed by atoms with Crippen molar-refractivity contribution in [3.63, 3.8) is 0 Å². The Labute approximate surface area is 196 Å². The molecule has 0 unspecified atom stereocenters. The number of carbonyl (C=O) groups is 2. The Hall–Kier alpha value is -2.08. The monoisotopic (exact) mass is 446 g/mol. The summed E-state index contributed by atoms with van der Waals surface area (Å²) in [7, 11) is 0. The Morgan fingerprint density at radius 1 is 0.781 bits per heavy atom. The molecule has 6 heteroatoms. The number of urea groups is 2. The average Bonchev–Trinajstić information content (AvgIpc) is 2.80. The summed E-state index contributed by atoms with van der Waals surface area (Å²) in [5.41, 5.74) is 6.38. The van der Waals surface area contributed by atoms with E-state index in [1.54, 1.807) is 5.01 Å². The minimum absolute atomic E-state index is 0.141. The number of para-hydroxylation sites is 1. The minimum Gasteiger partial charge on any atom is -0.347 e. The molecule has 0 aliphatic carbocycles. The first-order chi connectivity index (χ1) is 15.6. The number of hydrazine groups is 1. The van der Waals surface area contributed by atoms with Crippen molar-refractivity contribution in [3.05, 3.63) is 30.3 Å². The van der Waals surface area contributed by atoms with Gasteiger partial charge < -0.3 is 5.73 Å². The lowest BCUT2D eigenvalue weighted by Crippen LogP contribution is -2.60. The number of nitrogens with zero attached hydrogens (tertiary/aromatic N) is 3. The van der Waals surface area contributed by atoms with E-state index in [1.807, 2.05) is 42.2 Å². The molecule has 4 amide bonds. The predicted molar refractivity (Wildman–Crippen MR) is 135 cm³/mol. The number of nitrogens with two attached hydrogens (primary N) is 1. The second-order valence-electron chi connectivity index (χ2n) is 8.51. The van der Waals surface area contributed by atoms with E-state index in [-0.39, 0.29) is 6.03 Å². The highest BCUT2D eigenvalue weighted by Crippen LogP contribution is 2.17. The number of rotatable bonds is 16. The summed E-state index contributed by atoms with van der Waals surface area (Å²) in [4.78, 5) is 27.8. The number of hydrogen-bond donors (Lipinski definition) is 1. The van der Waals surface area contributed by atoms with E-state index in [0.717, 1.165) is 32.1 Å². The third-order valence-electron chi connectivity index (χ3n) is 5.83. The third kappa shape index (κ3) is 10.5. The highest BCUT2D eigenvalue weighted by Gasteiger charge is 2.41. The lowest BCUT2D eigenvalue weighted by Gasteiger charge is -2.26. The van der Waals surface area contributed by atoms with Crippen LogP contribution in [0.5, 0.6) is 0 Å². The van der Waals surface area contributed by atoms with Crippen molar-refractivity contribution in [1.82, 2.24) is 9.91 Å². The first-order valence-corrected chi connectivity index (χ1v) is 12.8. The second-order valence-corrected chi connectivity index (χ2v) is 8.51. The van der Waals surface area contributed by atoms with E-state index in [2.05, 4.69) is 13.8 Å². The van der Waals surface area contributed by atoms with Crippen LogP contribution in [0.25, 0.3) is 0 Å². The first-order valence-electron chi connectivity index (χ1n) is 12.8. The highest BCUT2D eigenvalue weighted by molar-refractivity contribution is 5.95. The van der Waals surface area contributed by atoms with Crippen LogP contribution in [0.1, 0.15) is 97.8 Å². The molecule has 1 radical (unpaired) electrons. The SMILES string of the molecule is CCCCCCCCN(CC)C(=O)[N+](CCCCCCCC)N(C(N)=O)c1ccccc1. The van der Waals surface area contributed by atoms with E-state index in [1.165, 1.54) is 50.0 Å². The summed E-state index contributed by atoms with van der Waals surface area (Å²) in [6, 6.07) is 8.45. The van der Waals surface area contributed by atoms with Crippen LogP contribution in [0.3, 0.4) is 0 Å². The van der Waals surface area contributed by atoms with Crippen molar-refractivity contribution in [2.75, 3.05) is 24.6 Å². The van der Waals surface area contributed by atoms with Gasteiger partial charge in [0, 0.05) is 24.5 Å². The topological polar surface area (TPSA) is 72.5 Å². The van der Waals surface area contributed by atoms with Gasteiger partial charge in [-0.15, -0.1) is 0 Å². The van der Waals surface area contributed by atoms with Crippen LogP contribution in [-0.2, 0) is 0 Å². The molecule has 0 aliphatic heterocycles. The molecule has 1 aromatic carbocycles. The fourth-order valence-corrected chi connectivity index (χ4v) is 3.91. The molecule has 0 bridgehead atoms. The normalized spacial score (nSPS) is 11.0. The van der Waals surface area contributed by atoms with Crippen molar-refractivity contribution < 1.29 is 9.59 Å². The zero-order valence-electron chi connectivity index (χ0n) is 20.7. The van der Waals surface area contributed by atoms with Gasteiger partial charge in [0.15, 0.2) is 6.54 Å². The van der Waals surface area contributed by atoms with Gasteiger partial charge >= 0.3 is 12.1 Å². The van der Waals surface area contributed by atoms with Crippen molar-refractivity contribution in [3.8, 4) is 0 Å². The van der Waals surface area contributed by atoms with Crippen molar-refractivity contribution in [2.24, 2.45) is 5.73 Å². The van der Waals surface area contributed by atoms with Gasteiger partial charge in [0.2, 0.25) is 0 Å². The van der Waals surface area contributed by atoms with E-state index >= 15 is 0 Å². The van der Waals surface area contributed by atoms with E-state index in [9.17, 15) is 9.59 Å². The molecular formula is C26H46N4O2+. The lowest BCUT2D eigenvalue weighted by atomic mass is 10.1. The fourth-order valence-electron chi connectivity index (χ4n) is 3.91. The standard InChI is InChI=1S/C26H46N4O2/c1-4-7-9-11-13-18-22-28(6-3)26(32)29(23-19-14-12-10-8-5-2)30(25(27)31)24-20-16-15-17-21-24/h15-17,20-21H,4-14,18-19,22-23H2,1-3H3,(H2,27,31)/q+1. The molecule has 0 aromatic heterocycles. The molecule has 1 aromatic rings. The molecule has 0 aliphatic rings. The van der Waals surface area contributed by atoms with E-state index < -0.39 is 6.03 Å². The number of unbranched alkanes of at least 4 members (excludes halogenated alkanes) is 10. The Bertz CT molecular complexity index is 624. The van der Waals surface area contributed by atoms with E-state index in [0.29, 0.717) is 25.3 Å². The predicted octanol–water partition coefficient (Wildman–Crippen LogP) is 6.79. The van der Waals surface area contributed by atoms with Gasteiger partial charge in [-0.2, -0.15) is 4.79 Å². The molecule has 6 nitrogen and oxygen atoms in total. The van der Waals surface area contributed by atoms with E-state index in [4.69, 9.17) is 5.73 Å². The van der Waals surface area contributed by atoms with Gasteiger partial charge in [-0.05, 0) is 31.9 Å². The van der Waals surface area contributed by atoms with Gasteiger partial charge in [-0.25, -0.2) is 4.79 Å². The van der Waals surface area contributed by atoms with Gasteiger partial charge in [-0.3, -0.25) is 4.90 Å². The van der Waals surface area contributed by atoms with Gasteiger partial charge in [0.05, 0.1) is 0 Å². The largest absolute Gasteiger partial charge is 0.496 e. The van der Waals surface area contributed by atoms with Crippen LogP contribution in [0, 0.1) is 0 Å². The molecule has 0 atom stereocenters. The zero-order chi connectivity index (χ0) is 23.6. The molecule has 181 valence electrons. The molecule has 0 fully saturated rings.